The summed E-state index contributed by atoms with van der Waals surface area (Å²) in [6.07, 6.45) is -1.36. The van der Waals surface area contributed by atoms with Gasteiger partial charge in [0.05, 0.1) is 23.6 Å². The Morgan fingerprint density at radius 3 is 2.65 bits per heavy atom. The molecule has 3 aromatic heterocycles. The molecule has 5 rings (SSSR count). The molecule has 9 heteroatoms. The van der Waals surface area contributed by atoms with Crippen LogP contribution >= 0.6 is 0 Å². The van der Waals surface area contributed by atoms with E-state index in [0.29, 0.717) is 43.9 Å². The minimum Gasteiger partial charge on any atom is -0.369 e. The lowest BCUT2D eigenvalue weighted by atomic mass is 9.94. The average molecular weight is 467 g/mol. The predicted molar refractivity (Wildman–Crippen MR) is 121 cm³/mol. The van der Waals surface area contributed by atoms with Crippen molar-refractivity contribution in [3.05, 3.63) is 70.9 Å². The van der Waals surface area contributed by atoms with E-state index in [1.807, 2.05) is 24.0 Å². The van der Waals surface area contributed by atoms with Gasteiger partial charge in [-0.3, -0.25) is 19.7 Å². The predicted octanol–water partition coefficient (Wildman–Crippen LogP) is 4.54. The second-order valence-corrected chi connectivity index (χ2v) is 9.03. The SMILES string of the molecule is Cc1cc(C)c2c(n1)CN(C(=O)CC1CN(c3cccnc3-c3ccnc(C(F)(F)F)c3)C1)C2. The number of hydrogen-bond acceptors (Lipinski definition) is 5. The van der Waals surface area contributed by atoms with Gasteiger partial charge >= 0.3 is 6.18 Å². The molecule has 34 heavy (non-hydrogen) atoms. The molecule has 176 valence electrons. The molecular weight excluding hydrogens is 443 g/mol. The summed E-state index contributed by atoms with van der Waals surface area (Å²) >= 11 is 0. The van der Waals surface area contributed by atoms with Crippen LogP contribution in [0.25, 0.3) is 11.3 Å². The molecule has 0 bridgehead atoms. The Kier molecular flexibility index (Phi) is 5.50. The van der Waals surface area contributed by atoms with Crippen LogP contribution < -0.4 is 4.90 Å². The fourth-order valence-electron chi connectivity index (χ4n) is 4.77. The van der Waals surface area contributed by atoms with Gasteiger partial charge in [-0.25, -0.2) is 0 Å². The van der Waals surface area contributed by atoms with Crippen molar-refractivity contribution in [1.82, 2.24) is 19.9 Å². The van der Waals surface area contributed by atoms with Gasteiger partial charge in [0.25, 0.3) is 0 Å². The summed E-state index contributed by atoms with van der Waals surface area (Å²) in [5, 5.41) is 0. The first-order chi connectivity index (χ1) is 16.2. The average Bonchev–Trinajstić information content (AvgIpc) is 3.20. The summed E-state index contributed by atoms with van der Waals surface area (Å²) in [7, 11) is 0. The van der Waals surface area contributed by atoms with E-state index >= 15 is 0 Å². The number of nitrogens with zero attached hydrogens (tertiary/aromatic N) is 5. The Morgan fingerprint density at radius 2 is 1.88 bits per heavy atom. The van der Waals surface area contributed by atoms with E-state index in [2.05, 4.69) is 26.8 Å². The van der Waals surface area contributed by atoms with Crippen LogP contribution in [0.5, 0.6) is 0 Å². The normalized spacial score (nSPS) is 15.9. The number of anilines is 1. The second-order valence-electron chi connectivity index (χ2n) is 9.03. The van der Waals surface area contributed by atoms with Crippen LogP contribution in [0.1, 0.15) is 34.6 Å². The summed E-state index contributed by atoms with van der Waals surface area (Å²) in [5.74, 6) is 0.290. The van der Waals surface area contributed by atoms with E-state index in [1.54, 1.807) is 12.3 Å². The number of carbonyl (C=O) groups is 1. The van der Waals surface area contributed by atoms with Crippen LogP contribution in [-0.2, 0) is 24.1 Å². The molecule has 1 amide bonds. The molecule has 0 saturated carbocycles. The van der Waals surface area contributed by atoms with E-state index in [1.165, 1.54) is 11.6 Å². The molecule has 5 heterocycles. The lowest BCUT2D eigenvalue weighted by Gasteiger charge is -2.42. The molecular formula is C25H24F3N5O. The number of amides is 1. The van der Waals surface area contributed by atoms with Crippen molar-refractivity contribution in [2.75, 3.05) is 18.0 Å². The maximum absolute atomic E-state index is 13.1. The van der Waals surface area contributed by atoms with Crippen molar-refractivity contribution >= 4 is 11.6 Å². The third-order valence-corrected chi connectivity index (χ3v) is 6.47. The number of aryl methyl sites for hydroxylation is 2. The van der Waals surface area contributed by atoms with E-state index in [4.69, 9.17) is 0 Å². The highest BCUT2D eigenvalue weighted by Gasteiger charge is 2.35. The molecule has 2 aliphatic heterocycles. The van der Waals surface area contributed by atoms with Gasteiger partial charge in [-0.15, -0.1) is 0 Å². The zero-order chi connectivity index (χ0) is 24.0. The largest absolute Gasteiger partial charge is 0.433 e. The van der Waals surface area contributed by atoms with Gasteiger partial charge in [0.1, 0.15) is 5.69 Å². The highest BCUT2D eigenvalue weighted by atomic mass is 19.4. The van der Waals surface area contributed by atoms with E-state index in [0.717, 1.165) is 34.9 Å². The van der Waals surface area contributed by atoms with Gasteiger partial charge in [0, 0.05) is 55.6 Å². The molecule has 1 saturated heterocycles. The number of aromatic nitrogens is 3. The minimum absolute atomic E-state index is 0.107. The summed E-state index contributed by atoms with van der Waals surface area (Å²) in [4.78, 5) is 29.2. The van der Waals surface area contributed by atoms with Gasteiger partial charge in [0.15, 0.2) is 0 Å². The Morgan fingerprint density at radius 1 is 1.09 bits per heavy atom. The number of carbonyl (C=O) groups excluding carboxylic acids is 1. The lowest BCUT2D eigenvalue weighted by molar-refractivity contribution is -0.141. The summed E-state index contributed by atoms with van der Waals surface area (Å²) in [6, 6.07) is 8.21. The van der Waals surface area contributed by atoms with Crippen LogP contribution in [0, 0.1) is 19.8 Å². The topological polar surface area (TPSA) is 62.2 Å². The number of hydrogen-bond donors (Lipinski definition) is 0. The Labute approximate surface area is 195 Å². The molecule has 0 aromatic carbocycles. The molecule has 0 unspecified atom stereocenters. The van der Waals surface area contributed by atoms with Crippen molar-refractivity contribution in [3.63, 3.8) is 0 Å². The highest BCUT2D eigenvalue weighted by molar-refractivity contribution is 5.79. The fraction of sp³-hybridized carbons (Fsp3) is 0.360. The number of pyridine rings is 3. The lowest BCUT2D eigenvalue weighted by Crippen LogP contribution is -2.49. The first-order valence-corrected chi connectivity index (χ1v) is 11.2. The number of halogens is 3. The van der Waals surface area contributed by atoms with Crippen molar-refractivity contribution in [2.24, 2.45) is 5.92 Å². The molecule has 1 fully saturated rings. The van der Waals surface area contributed by atoms with Crippen molar-refractivity contribution in [2.45, 2.75) is 39.5 Å². The molecule has 0 N–H and O–H groups in total. The van der Waals surface area contributed by atoms with Crippen molar-refractivity contribution < 1.29 is 18.0 Å². The molecule has 0 spiro atoms. The third-order valence-electron chi connectivity index (χ3n) is 6.47. The summed E-state index contributed by atoms with van der Waals surface area (Å²) in [6.45, 7) is 6.46. The standard InChI is InChI=1S/C25H24F3N5O/c1-15-8-16(2)31-20-14-33(13-19(15)20)23(34)9-17-11-32(12-17)21-4-3-6-30-24(21)18-5-7-29-22(10-18)25(26,27)28/h3-8,10,17H,9,11-14H2,1-2H3. The number of fused-ring (bicyclic) bond motifs is 1. The second kappa shape index (κ2) is 8.38. The number of rotatable bonds is 4. The van der Waals surface area contributed by atoms with Crippen LogP contribution in [0.15, 0.2) is 42.7 Å². The van der Waals surface area contributed by atoms with Gasteiger partial charge in [0.2, 0.25) is 5.91 Å². The Balaban J connectivity index is 1.24. The summed E-state index contributed by atoms with van der Waals surface area (Å²) in [5.41, 5.74) is 4.92. The Bertz CT molecular complexity index is 1250. The minimum atomic E-state index is -4.52. The molecule has 2 aliphatic rings. The van der Waals surface area contributed by atoms with Crippen LogP contribution in [0.4, 0.5) is 18.9 Å². The van der Waals surface area contributed by atoms with Gasteiger partial charge < -0.3 is 9.80 Å². The van der Waals surface area contributed by atoms with E-state index < -0.39 is 11.9 Å². The molecule has 0 aliphatic carbocycles. The van der Waals surface area contributed by atoms with E-state index in [9.17, 15) is 18.0 Å². The zero-order valence-electron chi connectivity index (χ0n) is 18.9. The zero-order valence-corrected chi connectivity index (χ0v) is 18.9. The molecule has 0 atom stereocenters. The van der Waals surface area contributed by atoms with Crippen LogP contribution in [0.3, 0.4) is 0 Å². The maximum atomic E-state index is 13.1. The number of alkyl halides is 3. The molecule has 3 aromatic rings. The quantitative estimate of drug-likeness (QED) is 0.564. The van der Waals surface area contributed by atoms with Gasteiger partial charge in [-0.2, -0.15) is 13.2 Å². The van der Waals surface area contributed by atoms with Gasteiger partial charge in [-0.1, -0.05) is 0 Å². The molecule has 0 radical (unpaired) electrons. The fourth-order valence-corrected chi connectivity index (χ4v) is 4.77. The van der Waals surface area contributed by atoms with Crippen molar-refractivity contribution in [1.29, 1.82) is 0 Å². The van der Waals surface area contributed by atoms with E-state index in [-0.39, 0.29) is 11.8 Å². The monoisotopic (exact) mass is 467 g/mol. The summed E-state index contributed by atoms with van der Waals surface area (Å²) < 4.78 is 39.3. The first-order valence-electron chi connectivity index (χ1n) is 11.2. The first kappa shape index (κ1) is 22.3. The van der Waals surface area contributed by atoms with Gasteiger partial charge in [-0.05, 0) is 55.3 Å². The van der Waals surface area contributed by atoms with Crippen molar-refractivity contribution in [3.8, 4) is 11.3 Å². The molecule has 6 nitrogen and oxygen atoms in total. The highest BCUT2D eigenvalue weighted by Crippen LogP contribution is 2.36. The van der Waals surface area contributed by atoms with Crippen LogP contribution in [0.2, 0.25) is 0 Å². The third kappa shape index (κ3) is 4.22. The Hall–Kier alpha value is -3.49. The maximum Gasteiger partial charge on any atom is 0.433 e. The smallest absolute Gasteiger partial charge is 0.369 e. The van der Waals surface area contributed by atoms with Crippen LogP contribution in [-0.4, -0.2) is 38.8 Å².